The number of nitrogens with zero attached hydrogens (tertiary/aromatic N) is 1. The molecule has 0 unspecified atom stereocenters. The molecule has 5 nitrogen and oxygen atoms in total. The molecule has 1 aromatic heterocycles. The molecule has 0 spiro atoms. The number of piperidine rings is 1. The number of methoxy groups -OCH3 is 2. The number of benzene rings is 1. The van der Waals surface area contributed by atoms with E-state index in [1.807, 2.05) is 22.8 Å². The normalized spacial score (nSPS) is 21.9. The molecule has 0 amide bonds. The van der Waals surface area contributed by atoms with Crippen molar-refractivity contribution in [1.82, 2.24) is 9.88 Å². The maximum atomic E-state index is 12.7. The third-order valence-corrected chi connectivity index (χ3v) is 5.18. The molecule has 3 heterocycles. The summed E-state index contributed by atoms with van der Waals surface area (Å²) in [4.78, 5) is 12.7. The summed E-state index contributed by atoms with van der Waals surface area (Å²) >= 11 is 0. The molecule has 2 bridgehead atoms. The molecule has 0 aliphatic carbocycles. The van der Waals surface area contributed by atoms with Gasteiger partial charge in [-0.3, -0.25) is 4.79 Å². The second-order valence-electron chi connectivity index (χ2n) is 6.64. The standard InChI is InChI=1S/C19H22N2O3/c1-23-15-3-4-18(24-2)16(8-15)13-6-17-14-5-12(9-20-10-14)11-21(17)19(22)7-13/h3-4,6-8,12,14,20H,5,9-11H2,1-2H3/t12-,14+/m0/s1. The van der Waals surface area contributed by atoms with E-state index in [-0.39, 0.29) is 5.56 Å². The maximum Gasteiger partial charge on any atom is 0.251 e. The lowest BCUT2D eigenvalue weighted by Gasteiger charge is -2.37. The lowest BCUT2D eigenvalue weighted by molar-refractivity contribution is 0.257. The summed E-state index contributed by atoms with van der Waals surface area (Å²) in [6, 6.07) is 9.53. The minimum absolute atomic E-state index is 0.0731. The van der Waals surface area contributed by atoms with Gasteiger partial charge in [-0.2, -0.15) is 0 Å². The van der Waals surface area contributed by atoms with Crippen LogP contribution in [0.5, 0.6) is 11.5 Å². The number of aromatic nitrogens is 1. The van der Waals surface area contributed by atoms with Crippen LogP contribution < -0.4 is 20.3 Å². The van der Waals surface area contributed by atoms with E-state index in [0.29, 0.717) is 11.8 Å². The zero-order valence-electron chi connectivity index (χ0n) is 14.0. The Morgan fingerprint density at radius 1 is 1.12 bits per heavy atom. The highest BCUT2D eigenvalue weighted by Crippen LogP contribution is 2.37. The SMILES string of the molecule is COc1ccc(OC)c(-c2cc3n(c(=O)c2)C[C@@H]2CNC[C@H]3C2)c1. The summed E-state index contributed by atoms with van der Waals surface area (Å²) in [6.45, 7) is 2.76. The molecule has 4 rings (SSSR count). The first kappa shape index (κ1) is 15.3. The highest BCUT2D eigenvalue weighted by Gasteiger charge is 2.31. The van der Waals surface area contributed by atoms with Crippen LogP contribution in [0.25, 0.3) is 11.1 Å². The van der Waals surface area contributed by atoms with Gasteiger partial charge in [-0.05, 0) is 48.7 Å². The maximum absolute atomic E-state index is 12.7. The highest BCUT2D eigenvalue weighted by molar-refractivity contribution is 5.72. The van der Waals surface area contributed by atoms with Crippen molar-refractivity contribution in [3.8, 4) is 22.6 Å². The summed E-state index contributed by atoms with van der Waals surface area (Å²) in [5.74, 6) is 2.46. The molecule has 0 radical (unpaired) electrons. The fourth-order valence-electron chi connectivity index (χ4n) is 4.00. The third kappa shape index (κ3) is 2.49. The molecule has 2 aliphatic heterocycles. The number of pyridine rings is 1. The van der Waals surface area contributed by atoms with Gasteiger partial charge in [0.2, 0.25) is 0 Å². The predicted molar refractivity (Wildman–Crippen MR) is 93.0 cm³/mol. The van der Waals surface area contributed by atoms with Gasteiger partial charge in [-0.15, -0.1) is 0 Å². The van der Waals surface area contributed by atoms with Crippen molar-refractivity contribution in [3.05, 3.63) is 46.4 Å². The summed E-state index contributed by atoms with van der Waals surface area (Å²) in [7, 11) is 3.29. The van der Waals surface area contributed by atoms with Crippen molar-refractivity contribution in [2.24, 2.45) is 5.92 Å². The van der Waals surface area contributed by atoms with E-state index in [1.54, 1.807) is 20.3 Å². The number of rotatable bonds is 3. The van der Waals surface area contributed by atoms with Crippen LogP contribution in [-0.2, 0) is 6.54 Å². The molecule has 2 atom stereocenters. The van der Waals surface area contributed by atoms with Crippen molar-refractivity contribution >= 4 is 0 Å². The number of fused-ring (bicyclic) bond motifs is 4. The van der Waals surface area contributed by atoms with Crippen LogP contribution in [0.15, 0.2) is 35.1 Å². The van der Waals surface area contributed by atoms with Gasteiger partial charge in [0.25, 0.3) is 5.56 Å². The fraction of sp³-hybridized carbons (Fsp3) is 0.421. The average molecular weight is 326 g/mol. The Bertz CT molecular complexity index is 828. The summed E-state index contributed by atoms with van der Waals surface area (Å²) in [5, 5.41) is 3.49. The molecule has 126 valence electrons. The van der Waals surface area contributed by atoms with Crippen molar-refractivity contribution < 1.29 is 9.47 Å². The Kier molecular flexibility index (Phi) is 3.81. The van der Waals surface area contributed by atoms with E-state index in [2.05, 4.69) is 11.4 Å². The Hall–Kier alpha value is -2.27. The van der Waals surface area contributed by atoms with Crippen LogP contribution >= 0.6 is 0 Å². The molecule has 1 saturated heterocycles. The van der Waals surface area contributed by atoms with Crippen molar-refractivity contribution in [2.45, 2.75) is 18.9 Å². The minimum Gasteiger partial charge on any atom is -0.497 e. The first-order valence-corrected chi connectivity index (χ1v) is 8.37. The molecule has 1 fully saturated rings. The highest BCUT2D eigenvalue weighted by atomic mass is 16.5. The topological polar surface area (TPSA) is 52.5 Å². The number of hydrogen-bond donors (Lipinski definition) is 1. The van der Waals surface area contributed by atoms with Crippen LogP contribution in [0.3, 0.4) is 0 Å². The fourth-order valence-corrected chi connectivity index (χ4v) is 4.00. The summed E-state index contributed by atoms with van der Waals surface area (Å²) in [6.07, 6.45) is 1.16. The zero-order valence-corrected chi connectivity index (χ0v) is 14.0. The number of hydrogen-bond acceptors (Lipinski definition) is 4. The van der Waals surface area contributed by atoms with Crippen molar-refractivity contribution in [2.75, 3.05) is 27.3 Å². The van der Waals surface area contributed by atoms with Gasteiger partial charge in [-0.25, -0.2) is 0 Å². The smallest absolute Gasteiger partial charge is 0.251 e. The van der Waals surface area contributed by atoms with Gasteiger partial charge in [0.1, 0.15) is 11.5 Å². The second kappa shape index (κ2) is 5.98. The Morgan fingerprint density at radius 2 is 2.00 bits per heavy atom. The molecule has 5 heteroatoms. The van der Waals surface area contributed by atoms with Crippen LogP contribution in [0, 0.1) is 5.92 Å². The van der Waals surface area contributed by atoms with Crippen LogP contribution in [-0.4, -0.2) is 31.9 Å². The predicted octanol–water partition coefficient (Wildman–Crippen LogP) is 2.24. The van der Waals surface area contributed by atoms with Crippen LogP contribution in [0.2, 0.25) is 0 Å². The quantitative estimate of drug-likeness (QED) is 0.940. The second-order valence-corrected chi connectivity index (χ2v) is 6.64. The van der Waals surface area contributed by atoms with Gasteiger partial charge in [-0.1, -0.05) is 0 Å². The van der Waals surface area contributed by atoms with E-state index in [4.69, 9.17) is 9.47 Å². The Labute approximate surface area is 141 Å². The van der Waals surface area contributed by atoms with Gasteiger partial charge in [0.15, 0.2) is 0 Å². The van der Waals surface area contributed by atoms with E-state index in [0.717, 1.165) is 54.4 Å². The largest absolute Gasteiger partial charge is 0.497 e. The molecule has 2 aromatic rings. The molecule has 1 N–H and O–H groups in total. The zero-order chi connectivity index (χ0) is 16.7. The van der Waals surface area contributed by atoms with E-state index in [1.165, 1.54) is 0 Å². The van der Waals surface area contributed by atoms with Gasteiger partial charge in [0, 0.05) is 36.3 Å². The Morgan fingerprint density at radius 3 is 2.79 bits per heavy atom. The van der Waals surface area contributed by atoms with Crippen molar-refractivity contribution in [1.29, 1.82) is 0 Å². The molecule has 2 aliphatic rings. The summed E-state index contributed by atoms with van der Waals surface area (Å²) < 4.78 is 12.8. The van der Waals surface area contributed by atoms with E-state index < -0.39 is 0 Å². The Balaban J connectivity index is 1.86. The molecule has 24 heavy (non-hydrogen) atoms. The third-order valence-electron chi connectivity index (χ3n) is 5.18. The van der Waals surface area contributed by atoms with E-state index in [9.17, 15) is 4.79 Å². The minimum atomic E-state index is 0.0731. The molecular formula is C19H22N2O3. The first-order valence-electron chi connectivity index (χ1n) is 8.37. The summed E-state index contributed by atoms with van der Waals surface area (Å²) in [5.41, 5.74) is 2.99. The lowest BCUT2D eigenvalue weighted by Crippen LogP contribution is -2.44. The monoisotopic (exact) mass is 326 g/mol. The lowest BCUT2D eigenvalue weighted by atomic mass is 9.83. The van der Waals surface area contributed by atoms with Gasteiger partial charge < -0.3 is 19.4 Å². The molecule has 0 saturated carbocycles. The van der Waals surface area contributed by atoms with Crippen LogP contribution in [0.4, 0.5) is 0 Å². The van der Waals surface area contributed by atoms with Gasteiger partial charge in [0.05, 0.1) is 14.2 Å². The van der Waals surface area contributed by atoms with E-state index >= 15 is 0 Å². The van der Waals surface area contributed by atoms with Crippen LogP contribution in [0.1, 0.15) is 18.0 Å². The number of ether oxygens (including phenoxy) is 2. The average Bonchev–Trinajstić information content (AvgIpc) is 2.62. The molecule has 1 aromatic carbocycles. The first-order chi connectivity index (χ1) is 11.7. The number of nitrogens with one attached hydrogen (secondary N) is 1. The van der Waals surface area contributed by atoms with Gasteiger partial charge >= 0.3 is 0 Å². The molecular weight excluding hydrogens is 304 g/mol. The van der Waals surface area contributed by atoms with Crippen molar-refractivity contribution in [3.63, 3.8) is 0 Å².